The van der Waals surface area contributed by atoms with Gasteiger partial charge in [-0.1, -0.05) is 32.6 Å². The third-order valence-electron chi connectivity index (χ3n) is 4.19. The Morgan fingerprint density at radius 1 is 1.39 bits per heavy atom. The van der Waals surface area contributed by atoms with Crippen molar-refractivity contribution in [3.63, 3.8) is 0 Å². The quantitative estimate of drug-likeness (QED) is 0.749. The van der Waals surface area contributed by atoms with Crippen LogP contribution in [0.5, 0.6) is 0 Å². The molecule has 0 aromatic heterocycles. The number of nitrogens with one attached hydrogen (secondary N) is 1. The van der Waals surface area contributed by atoms with E-state index in [1.165, 1.54) is 32.1 Å². The molecule has 0 aromatic carbocycles. The summed E-state index contributed by atoms with van der Waals surface area (Å²) < 4.78 is 0.290. The van der Waals surface area contributed by atoms with Crippen molar-refractivity contribution in [2.75, 3.05) is 19.3 Å². The number of hydrogen-bond acceptors (Lipinski definition) is 3. The molecule has 106 valence electrons. The van der Waals surface area contributed by atoms with Crippen molar-refractivity contribution in [1.82, 2.24) is 5.32 Å². The van der Waals surface area contributed by atoms with Crippen LogP contribution in [0, 0.1) is 5.92 Å². The van der Waals surface area contributed by atoms with E-state index in [1.54, 1.807) is 0 Å². The average Bonchev–Trinajstić information content (AvgIpc) is 2.43. The molecule has 1 saturated carbocycles. The van der Waals surface area contributed by atoms with Crippen LogP contribution in [0.3, 0.4) is 0 Å². The largest absolute Gasteiger partial charge is 0.355 e. The molecule has 3 N–H and O–H groups in total. The fourth-order valence-corrected chi connectivity index (χ4v) is 3.55. The van der Waals surface area contributed by atoms with Crippen LogP contribution in [0.1, 0.15) is 51.9 Å². The molecule has 0 bridgehead atoms. The van der Waals surface area contributed by atoms with Crippen molar-refractivity contribution in [2.24, 2.45) is 11.7 Å². The molecular formula is C14H28N2OS. The second-order valence-corrected chi connectivity index (χ2v) is 6.71. The molecule has 4 heteroatoms. The Kier molecular flexibility index (Phi) is 7.08. The van der Waals surface area contributed by atoms with Gasteiger partial charge in [0.1, 0.15) is 0 Å². The van der Waals surface area contributed by atoms with Crippen molar-refractivity contribution >= 4 is 17.7 Å². The Labute approximate surface area is 116 Å². The molecule has 0 saturated heterocycles. The molecule has 1 fully saturated rings. The highest BCUT2D eigenvalue weighted by molar-refractivity contribution is 8.00. The van der Waals surface area contributed by atoms with E-state index in [4.69, 9.17) is 5.73 Å². The van der Waals surface area contributed by atoms with Crippen LogP contribution in [-0.2, 0) is 4.79 Å². The first-order chi connectivity index (χ1) is 8.65. The Hall–Kier alpha value is -0.220. The number of carbonyl (C=O) groups excluding carboxylic acids is 1. The molecule has 1 aliphatic carbocycles. The van der Waals surface area contributed by atoms with Crippen LogP contribution in [-0.4, -0.2) is 30.0 Å². The summed E-state index contributed by atoms with van der Waals surface area (Å²) in [4.78, 5) is 11.9. The average molecular weight is 272 g/mol. The second kappa shape index (κ2) is 8.05. The van der Waals surface area contributed by atoms with Crippen LogP contribution in [0.25, 0.3) is 0 Å². The Morgan fingerprint density at radius 3 is 2.56 bits per heavy atom. The van der Waals surface area contributed by atoms with Gasteiger partial charge in [0.15, 0.2) is 0 Å². The lowest BCUT2D eigenvalue weighted by molar-refractivity contribution is -0.122. The van der Waals surface area contributed by atoms with E-state index in [-0.39, 0.29) is 5.91 Å². The maximum atomic E-state index is 11.9. The molecule has 0 aromatic rings. The van der Waals surface area contributed by atoms with Crippen molar-refractivity contribution < 1.29 is 4.79 Å². The number of hydrogen-bond donors (Lipinski definition) is 2. The van der Waals surface area contributed by atoms with Gasteiger partial charge in [-0.3, -0.25) is 4.79 Å². The number of amides is 1. The second-order valence-electron chi connectivity index (χ2n) is 5.44. The van der Waals surface area contributed by atoms with Gasteiger partial charge in [0.25, 0.3) is 0 Å². The standard InChI is InChI=1S/C14H28N2OS/c1-3-12(10-15)9-13(17)16-11-14(18-2)7-5-4-6-8-14/h12H,3-11,15H2,1-2H3,(H,16,17). The molecule has 1 aliphatic rings. The summed E-state index contributed by atoms with van der Waals surface area (Å²) >= 11 is 1.93. The summed E-state index contributed by atoms with van der Waals surface area (Å²) in [7, 11) is 0. The topological polar surface area (TPSA) is 55.1 Å². The first kappa shape index (κ1) is 15.8. The van der Waals surface area contributed by atoms with Crippen LogP contribution in [0.2, 0.25) is 0 Å². The Morgan fingerprint density at radius 2 is 2.06 bits per heavy atom. The zero-order chi connectivity index (χ0) is 13.4. The third-order valence-corrected chi connectivity index (χ3v) is 5.61. The van der Waals surface area contributed by atoms with E-state index in [9.17, 15) is 4.79 Å². The zero-order valence-corrected chi connectivity index (χ0v) is 12.7. The van der Waals surface area contributed by atoms with Crippen LogP contribution in [0.15, 0.2) is 0 Å². The molecule has 18 heavy (non-hydrogen) atoms. The first-order valence-electron chi connectivity index (χ1n) is 7.17. The van der Waals surface area contributed by atoms with Gasteiger partial charge >= 0.3 is 0 Å². The van der Waals surface area contributed by atoms with Gasteiger partial charge in [0, 0.05) is 17.7 Å². The molecule has 1 unspecified atom stereocenters. The monoisotopic (exact) mass is 272 g/mol. The van der Waals surface area contributed by atoms with E-state index < -0.39 is 0 Å². The summed E-state index contributed by atoms with van der Waals surface area (Å²) in [6, 6.07) is 0. The lowest BCUT2D eigenvalue weighted by Gasteiger charge is -2.36. The van der Waals surface area contributed by atoms with Crippen molar-refractivity contribution in [2.45, 2.75) is 56.6 Å². The third kappa shape index (κ3) is 4.81. The molecule has 0 heterocycles. The van der Waals surface area contributed by atoms with Crippen molar-refractivity contribution in [1.29, 1.82) is 0 Å². The number of nitrogens with two attached hydrogens (primary N) is 1. The highest BCUT2D eigenvalue weighted by Crippen LogP contribution is 2.37. The molecule has 3 nitrogen and oxygen atoms in total. The van der Waals surface area contributed by atoms with Gasteiger partial charge in [-0.25, -0.2) is 0 Å². The van der Waals surface area contributed by atoms with Gasteiger partial charge in [0.05, 0.1) is 0 Å². The van der Waals surface area contributed by atoms with Crippen LogP contribution in [0.4, 0.5) is 0 Å². The van der Waals surface area contributed by atoms with Gasteiger partial charge < -0.3 is 11.1 Å². The van der Waals surface area contributed by atoms with E-state index in [0.717, 1.165) is 13.0 Å². The highest BCUT2D eigenvalue weighted by Gasteiger charge is 2.31. The summed E-state index contributed by atoms with van der Waals surface area (Å²) in [5, 5.41) is 3.13. The summed E-state index contributed by atoms with van der Waals surface area (Å²) in [5.41, 5.74) is 5.64. The van der Waals surface area contributed by atoms with Gasteiger partial charge in [-0.15, -0.1) is 0 Å². The van der Waals surface area contributed by atoms with Gasteiger partial charge in [-0.05, 0) is 31.6 Å². The van der Waals surface area contributed by atoms with E-state index in [1.807, 2.05) is 11.8 Å². The summed E-state index contributed by atoms with van der Waals surface area (Å²) in [6.07, 6.45) is 10.2. The van der Waals surface area contributed by atoms with E-state index in [2.05, 4.69) is 18.5 Å². The molecule has 1 rings (SSSR count). The molecule has 0 radical (unpaired) electrons. The fourth-order valence-electron chi connectivity index (χ4n) is 2.64. The lowest BCUT2D eigenvalue weighted by Crippen LogP contribution is -2.42. The number of rotatable bonds is 7. The Balaban J connectivity index is 2.35. The Bertz CT molecular complexity index is 248. The van der Waals surface area contributed by atoms with E-state index in [0.29, 0.717) is 23.6 Å². The molecule has 1 atom stereocenters. The molecule has 0 aliphatic heterocycles. The van der Waals surface area contributed by atoms with Crippen molar-refractivity contribution in [3.8, 4) is 0 Å². The molecule has 0 spiro atoms. The first-order valence-corrected chi connectivity index (χ1v) is 8.40. The minimum absolute atomic E-state index is 0.172. The minimum Gasteiger partial charge on any atom is -0.355 e. The van der Waals surface area contributed by atoms with Crippen LogP contribution >= 0.6 is 11.8 Å². The maximum Gasteiger partial charge on any atom is 0.220 e. The van der Waals surface area contributed by atoms with Gasteiger partial charge in [-0.2, -0.15) is 11.8 Å². The SMILES string of the molecule is CCC(CN)CC(=O)NCC1(SC)CCCCC1. The predicted molar refractivity (Wildman–Crippen MR) is 79.8 cm³/mol. The summed E-state index contributed by atoms with van der Waals surface area (Å²) in [5.74, 6) is 0.507. The number of carbonyl (C=O) groups is 1. The van der Waals surface area contributed by atoms with Gasteiger partial charge in [0.2, 0.25) is 5.91 Å². The van der Waals surface area contributed by atoms with Crippen LogP contribution < -0.4 is 11.1 Å². The normalized spacial score (nSPS) is 20.4. The smallest absolute Gasteiger partial charge is 0.220 e. The molecular weight excluding hydrogens is 244 g/mol. The predicted octanol–water partition coefficient (Wildman–Crippen LogP) is 2.54. The summed E-state index contributed by atoms with van der Waals surface area (Å²) in [6.45, 7) is 3.53. The fraction of sp³-hybridized carbons (Fsp3) is 0.929. The minimum atomic E-state index is 0.172. The van der Waals surface area contributed by atoms with Crippen molar-refractivity contribution in [3.05, 3.63) is 0 Å². The maximum absolute atomic E-state index is 11.9. The number of thioether (sulfide) groups is 1. The molecule has 1 amide bonds. The highest BCUT2D eigenvalue weighted by atomic mass is 32.2. The zero-order valence-electron chi connectivity index (χ0n) is 11.8. The van der Waals surface area contributed by atoms with E-state index >= 15 is 0 Å². The lowest BCUT2D eigenvalue weighted by atomic mass is 9.88.